The van der Waals surface area contributed by atoms with Crippen LogP contribution in [0.4, 0.5) is 0 Å². The molecule has 0 spiro atoms. The van der Waals surface area contributed by atoms with Crippen LogP contribution < -0.4 is 4.74 Å². The summed E-state index contributed by atoms with van der Waals surface area (Å²) in [5, 5.41) is 0. The van der Waals surface area contributed by atoms with Gasteiger partial charge in [0.25, 0.3) is 0 Å². The van der Waals surface area contributed by atoms with Crippen molar-refractivity contribution in [2.75, 3.05) is 26.2 Å². The molecule has 0 amide bonds. The van der Waals surface area contributed by atoms with E-state index in [1.54, 1.807) is 18.5 Å². The molecule has 1 aliphatic rings. The molecule has 1 aromatic carbocycles. The van der Waals surface area contributed by atoms with Gasteiger partial charge in [-0.05, 0) is 44.5 Å². The number of hydrogen-bond donors (Lipinski definition) is 0. The zero-order chi connectivity index (χ0) is 20.0. The van der Waals surface area contributed by atoms with Gasteiger partial charge in [-0.2, -0.15) is 0 Å². The predicted octanol–water partition coefficient (Wildman–Crippen LogP) is 3.37. The monoisotopic (exact) mass is 385 g/mol. The second-order valence-electron chi connectivity index (χ2n) is 7.70. The minimum atomic E-state index is -0.445. The maximum absolute atomic E-state index is 11.9. The van der Waals surface area contributed by atoms with Gasteiger partial charge in [0, 0.05) is 32.0 Å². The molecule has 0 radical (unpaired) electrons. The van der Waals surface area contributed by atoms with Crippen LogP contribution in [-0.4, -0.2) is 52.7 Å². The molecular weight excluding hydrogens is 358 g/mol. The minimum absolute atomic E-state index is 0.0330. The SMILES string of the molecule is CC(C)(C)OC(=O)CCN1CCOC(c2ccc(Oc3ncccn3)cc2)C1. The van der Waals surface area contributed by atoms with E-state index >= 15 is 0 Å². The summed E-state index contributed by atoms with van der Waals surface area (Å²) >= 11 is 0. The van der Waals surface area contributed by atoms with Gasteiger partial charge in [-0.25, -0.2) is 9.97 Å². The first-order valence-corrected chi connectivity index (χ1v) is 9.50. The first kappa shape index (κ1) is 20.2. The normalized spacial score (nSPS) is 17.9. The second-order valence-corrected chi connectivity index (χ2v) is 7.70. The van der Waals surface area contributed by atoms with Crippen LogP contribution in [0.1, 0.15) is 38.9 Å². The molecule has 1 unspecified atom stereocenters. The third kappa shape index (κ3) is 6.28. The summed E-state index contributed by atoms with van der Waals surface area (Å²) in [6.45, 7) is 8.50. The number of esters is 1. The lowest BCUT2D eigenvalue weighted by atomic mass is 10.1. The van der Waals surface area contributed by atoms with Crippen molar-refractivity contribution in [3.63, 3.8) is 0 Å². The number of aromatic nitrogens is 2. The number of morpholine rings is 1. The van der Waals surface area contributed by atoms with E-state index in [1.165, 1.54) is 0 Å². The molecule has 0 N–H and O–H groups in total. The first-order chi connectivity index (χ1) is 13.4. The zero-order valence-corrected chi connectivity index (χ0v) is 16.6. The molecule has 1 atom stereocenters. The number of rotatable bonds is 6. The molecule has 0 saturated carbocycles. The Balaban J connectivity index is 1.51. The van der Waals surface area contributed by atoms with Crippen molar-refractivity contribution in [1.29, 1.82) is 0 Å². The summed E-state index contributed by atoms with van der Waals surface area (Å²) in [5.41, 5.74) is 0.627. The average Bonchev–Trinajstić information content (AvgIpc) is 2.67. The number of carbonyl (C=O) groups excluding carboxylic acids is 1. The van der Waals surface area contributed by atoms with Gasteiger partial charge >= 0.3 is 12.0 Å². The molecule has 7 heteroatoms. The van der Waals surface area contributed by atoms with E-state index in [1.807, 2.05) is 45.0 Å². The van der Waals surface area contributed by atoms with E-state index in [4.69, 9.17) is 14.2 Å². The fraction of sp³-hybridized carbons (Fsp3) is 0.476. The van der Waals surface area contributed by atoms with Gasteiger partial charge in [0.05, 0.1) is 19.1 Å². The first-order valence-electron chi connectivity index (χ1n) is 9.50. The van der Waals surface area contributed by atoms with Crippen molar-refractivity contribution in [3.05, 3.63) is 48.3 Å². The Bertz CT molecular complexity index is 759. The van der Waals surface area contributed by atoms with Crippen LogP contribution in [-0.2, 0) is 14.3 Å². The van der Waals surface area contributed by atoms with E-state index in [-0.39, 0.29) is 12.1 Å². The Morgan fingerprint density at radius 2 is 1.93 bits per heavy atom. The largest absolute Gasteiger partial charge is 0.460 e. The molecule has 1 fully saturated rings. The number of benzene rings is 1. The minimum Gasteiger partial charge on any atom is -0.460 e. The van der Waals surface area contributed by atoms with Crippen molar-refractivity contribution in [2.45, 2.75) is 38.9 Å². The lowest BCUT2D eigenvalue weighted by molar-refractivity contribution is -0.155. The van der Waals surface area contributed by atoms with E-state index in [2.05, 4.69) is 14.9 Å². The van der Waals surface area contributed by atoms with Crippen LogP contribution in [0.25, 0.3) is 0 Å². The van der Waals surface area contributed by atoms with Crippen LogP contribution in [0.3, 0.4) is 0 Å². The van der Waals surface area contributed by atoms with Crippen molar-refractivity contribution < 1.29 is 19.0 Å². The maximum atomic E-state index is 11.9. The highest BCUT2D eigenvalue weighted by atomic mass is 16.6. The van der Waals surface area contributed by atoms with E-state index in [0.717, 1.165) is 18.7 Å². The van der Waals surface area contributed by atoms with Crippen LogP contribution in [0, 0.1) is 0 Å². The molecule has 0 aliphatic carbocycles. The lowest BCUT2D eigenvalue weighted by Gasteiger charge is -2.33. The lowest BCUT2D eigenvalue weighted by Crippen LogP contribution is -2.39. The van der Waals surface area contributed by atoms with Gasteiger partial charge < -0.3 is 14.2 Å². The van der Waals surface area contributed by atoms with Crippen molar-refractivity contribution in [1.82, 2.24) is 14.9 Å². The fourth-order valence-electron chi connectivity index (χ4n) is 2.94. The molecule has 3 rings (SSSR count). The second kappa shape index (κ2) is 9.12. The Hall–Kier alpha value is -2.51. The van der Waals surface area contributed by atoms with Crippen LogP contribution in [0.2, 0.25) is 0 Å². The number of carbonyl (C=O) groups is 1. The van der Waals surface area contributed by atoms with Gasteiger partial charge in [0.2, 0.25) is 0 Å². The average molecular weight is 385 g/mol. The molecular formula is C21H27N3O4. The van der Waals surface area contributed by atoms with Crippen molar-refractivity contribution >= 4 is 5.97 Å². The third-order valence-electron chi connectivity index (χ3n) is 4.21. The fourth-order valence-corrected chi connectivity index (χ4v) is 2.94. The molecule has 28 heavy (non-hydrogen) atoms. The molecule has 150 valence electrons. The third-order valence-corrected chi connectivity index (χ3v) is 4.21. The maximum Gasteiger partial charge on any atom is 0.321 e. The zero-order valence-electron chi connectivity index (χ0n) is 16.6. The summed E-state index contributed by atoms with van der Waals surface area (Å²) in [5.74, 6) is 0.507. The smallest absolute Gasteiger partial charge is 0.321 e. The van der Waals surface area contributed by atoms with E-state index in [9.17, 15) is 4.79 Å². The van der Waals surface area contributed by atoms with Gasteiger partial charge in [0.15, 0.2) is 0 Å². The Labute approximate surface area is 165 Å². The van der Waals surface area contributed by atoms with Crippen LogP contribution >= 0.6 is 0 Å². The molecule has 1 aromatic heterocycles. The van der Waals surface area contributed by atoms with Gasteiger partial charge in [-0.15, -0.1) is 0 Å². The molecule has 2 heterocycles. The summed E-state index contributed by atoms with van der Waals surface area (Å²) in [6.07, 6.45) is 3.62. The standard InChI is InChI=1S/C21H27N3O4/c1-21(2,3)28-19(25)9-12-24-13-14-26-18(15-24)16-5-7-17(8-6-16)27-20-22-10-4-11-23-20/h4-8,10-11,18H,9,12-15H2,1-3H3. The van der Waals surface area contributed by atoms with Crippen molar-refractivity contribution in [3.8, 4) is 11.8 Å². The highest BCUT2D eigenvalue weighted by Gasteiger charge is 2.23. The Morgan fingerprint density at radius 1 is 1.21 bits per heavy atom. The van der Waals surface area contributed by atoms with Crippen LogP contribution in [0.15, 0.2) is 42.7 Å². The van der Waals surface area contributed by atoms with Crippen LogP contribution in [0.5, 0.6) is 11.8 Å². The van der Waals surface area contributed by atoms with Gasteiger partial charge in [-0.1, -0.05) is 12.1 Å². The van der Waals surface area contributed by atoms with Crippen molar-refractivity contribution in [2.24, 2.45) is 0 Å². The number of ether oxygens (including phenoxy) is 3. The highest BCUT2D eigenvalue weighted by molar-refractivity contribution is 5.70. The summed E-state index contributed by atoms with van der Waals surface area (Å²) < 4.78 is 16.9. The molecule has 1 aliphatic heterocycles. The van der Waals surface area contributed by atoms with Gasteiger partial charge in [0.1, 0.15) is 11.4 Å². The van der Waals surface area contributed by atoms with E-state index in [0.29, 0.717) is 31.3 Å². The molecule has 1 saturated heterocycles. The van der Waals surface area contributed by atoms with E-state index < -0.39 is 5.60 Å². The highest BCUT2D eigenvalue weighted by Crippen LogP contribution is 2.25. The predicted molar refractivity (Wildman–Crippen MR) is 104 cm³/mol. The summed E-state index contributed by atoms with van der Waals surface area (Å²) in [6, 6.07) is 9.80. The van der Waals surface area contributed by atoms with Gasteiger partial charge in [-0.3, -0.25) is 9.69 Å². The number of hydrogen-bond acceptors (Lipinski definition) is 7. The summed E-state index contributed by atoms with van der Waals surface area (Å²) in [7, 11) is 0. The quantitative estimate of drug-likeness (QED) is 0.706. The molecule has 7 nitrogen and oxygen atoms in total. The Morgan fingerprint density at radius 3 is 2.61 bits per heavy atom. The number of nitrogens with zero attached hydrogens (tertiary/aromatic N) is 3. The molecule has 2 aromatic rings. The Kier molecular flexibility index (Phi) is 6.59. The topological polar surface area (TPSA) is 73.8 Å². The summed E-state index contributed by atoms with van der Waals surface area (Å²) in [4.78, 5) is 22.3. The molecule has 0 bridgehead atoms.